The van der Waals surface area contributed by atoms with Gasteiger partial charge >= 0.3 is 0 Å². The molecule has 0 unspecified atom stereocenters. The first-order valence-electron chi connectivity index (χ1n) is 6.48. The van der Waals surface area contributed by atoms with Gasteiger partial charge in [-0.15, -0.1) is 0 Å². The van der Waals surface area contributed by atoms with Crippen molar-refractivity contribution < 1.29 is 4.79 Å². The Labute approximate surface area is 115 Å². The first kappa shape index (κ1) is 12.2. The highest BCUT2D eigenvalue weighted by Crippen LogP contribution is 2.42. The van der Waals surface area contributed by atoms with Crippen LogP contribution in [0.3, 0.4) is 0 Å². The quantitative estimate of drug-likeness (QED) is 0.898. The standard InChI is InChI=1S/C14H17BrN2O/c15-12-4-1-3-11(7-12)14(5-2-6-14)17-13(18)10-8-16-9-10/h1,3-4,7,10,16H,2,5-6,8-9H2,(H,17,18). The molecule has 1 saturated heterocycles. The average molecular weight is 309 g/mol. The van der Waals surface area contributed by atoms with E-state index in [1.165, 1.54) is 12.0 Å². The number of nitrogens with one attached hydrogen (secondary N) is 2. The highest BCUT2D eigenvalue weighted by atomic mass is 79.9. The zero-order valence-corrected chi connectivity index (χ0v) is 11.8. The summed E-state index contributed by atoms with van der Waals surface area (Å²) in [6.45, 7) is 1.64. The lowest BCUT2D eigenvalue weighted by Crippen LogP contribution is -2.58. The second kappa shape index (κ2) is 4.67. The molecule has 1 amide bonds. The molecule has 0 radical (unpaired) electrons. The van der Waals surface area contributed by atoms with Gasteiger partial charge in [0.25, 0.3) is 0 Å². The minimum absolute atomic E-state index is 0.115. The smallest absolute Gasteiger partial charge is 0.226 e. The van der Waals surface area contributed by atoms with Crippen molar-refractivity contribution in [3.8, 4) is 0 Å². The molecular weight excluding hydrogens is 292 g/mol. The highest BCUT2D eigenvalue weighted by molar-refractivity contribution is 9.10. The molecule has 3 nitrogen and oxygen atoms in total. The van der Waals surface area contributed by atoms with Gasteiger partial charge in [0.1, 0.15) is 0 Å². The third-order valence-corrected chi connectivity index (χ3v) is 4.59. The van der Waals surface area contributed by atoms with Gasteiger partial charge in [0.05, 0.1) is 11.5 Å². The van der Waals surface area contributed by atoms with Crippen LogP contribution in [-0.4, -0.2) is 19.0 Å². The second-order valence-corrected chi connectivity index (χ2v) is 6.21. The van der Waals surface area contributed by atoms with E-state index in [0.717, 1.165) is 30.4 Å². The SMILES string of the molecule is O=C(NC1(c2cccc(Br)c2)CCC1)C1CNC1. The van der Waals surface area contributed by atoms with Gasteiger partial charge in [-0.2, -0.15) is 0 Å². The van der Waals surface area contributed by atoms with Crippen LogP contribution in [0.5, 0.6) is 0 Å². The van der Waals surface area contributed by atoms with Crippen molar-refractivity contribution in [3.63, 3.8) is 0 Å². The summed E-state index contributed by atoms with van der Waals surface area (Å²) in [5.41, 5.74) is 1.11. The van der Waals surface area contributed by atoms with Crippen LogP contribution in [-0.2, 0) is 10.3 Å². The molecule has 0 bridgehead atoms. The zero-order chi connectivity index (χ0) is 12.6. The molecule has 1 aliphatic heterocycles. The molecule has 18 heavy (non-hydrogen) atoms. The van der Waals surface area contributed by atoms with Crippen molar-refractivity contribution in [2.24, 2.45) is 5.92 Å². The maximum absolute atomic E-state index is 12.1. The third-order valence-electron chi connectivity index (χ3n) is 4.10. The molecule has 2 aliphatic rings. The van der Waals surface area contributed by atoms with E-state index in [9.17, 15) is 4.79 Å². The number of hydrogen-bond acceptors (Lipinski definition) is 2. The van der Waals surface area contributed by atoms with Gasteiger partial charge in [-0.25, -0.2) is 0 Å². The number of halogens is 1. The van der Waals surface area contributed by atoms with Crippen molar-refractivity contribution in [2.45, 2.75) is 24.8 Å². The van der Waals surface area contributed by atoms with Crippen LogP contribution < -0.4 is 10.6 Å². The summed E-state index contributed by atoms with van der Waals surface area (Å²) >= 11 is 3.51. The van der Waals surface area contributed by atoms with E-state index in [2.05, 4.69) is 38.7 Å². The molecule has 1 saturated carbocycles. The summed E-state index contributed by atoms with van der Waals surface area (Å²) in [4.78, 5) is 12.1. The Kier molecular flexibility index (Phi) is 3.16. The van der Waals surface area contributed by atoms with E-state index in [-0.39, 0.29) is 17.4 Å². The Morgan fingerprint density at radius 2 is 2.17 bits per heavy atom. The monoisotopic (exact) mass is 308 g/mol. The predicted molar refractivity (Wildman–Crippen MR) is 74.2 cm³/mol. The van der Waals surface area contributed by atoms with Crippen molar-refractivity contribution in [3.05, 3.63) is 34.3 Å². The third kappa shape index (κ3) is 2.08. The van der Waals surface area contributed by atoms with Crippen molar-refractivity contribution in [1.82, 2.24) is 10.6 Å². The van der Waals surface area contributed by atoms with E-state index in [4.69, 9.17) is 0 Å². The molecule has 0 spiro atoms. The van der Waals surface area contributed by atoms with Gasteiger partial charge in [0, 0.05) is 17.6 Å². The Morgan fingerprint density at radius 3 is 2.67 bits per heavy atom. The summed E-state index contributed by atoms with van der Waals surface area (Å²) in [6, 6.07) is 8.30. The van der Waals surface area contributed by atoms with Crippen molar-refractivity contribution >= 4 is 21.8 Å². The summed E-state index contributed by atoms with van der Waals surface area (Å²) in [6.07, 6.45) is 3.29. The molecule has 96 valence electrons. The number of rotatable bonds is 3. The molecule has 0 aromatic heterocycles. The molecule has 1 aromatic rings. The average Bonchev–Trinajstić information content (AvgIpc) is 2.21. The van der Waals surface area contributed by atoms with Crippen LogP contribution >= 0.6 is 15.9 Å². The number of benzene rings is 1. The summed E-state index contributed by atoms with van der Waals surface area (Å²) in [5, 5.41) is 6.42. The van der Waals surface area contributed by atoms with Crippen LogP contribution in [0.2, 0.25) is 0 Å². The maximum Gasteiger partial charge on any atom is 0.226 e. The lowest BCUT2D eigenvalue weighted by molar-refractivity contribution is -0.129. The molecule has 1 aromatic carbocycles. The second-order valence-electron chi connectivity index (χ2n) is 5.29. The lowest BCUT2D eigenvalue weighted by atomic mass is 9.71. The molecular formula is C14H17BrN2O. The maximum atomic E-state index is 12.1. The van der Waals surface area contributed by atoms with Crippen molar-refractivity contribution in [2.75, 3.05) is 13.1 Å². The van der Waals surface area contributed by atoms with Crippen LogP contribution in [0.15, 0.2) is 28.7 Å². The summed E-state index contributed by atoms with van der Waals surface area (Å²) in [5.74, 6) is 0.364. The highest BCUT2D eigenvalue weighted by Gasteiger charge is 2.41. The topological polar surface area (TPSA) is 41.1 Å². The number of amides is 1. The van der Waals surface area contributed by atoms with E-state index < -0.39 is 0 Å². The van der Waals surface area contributed by atoms with E-state index in [1.54, 1.807) is 0 Å². The first-order valence-corrected chi connectivity index (χ1v) is 7.28. The number of hydrogen-bond donors (Lipinski definition) is 2. The Balaban J connectivity index is 1.79. The van der Waals surface area contributed by atoms with E-state index in [0.29, 0.717) is 0 Å². The molecule has 2 N–H and O–H groups in total. The molecule has 0 atom stereocenters. The van der Waals surface area contributed by atoms with E-state index >= 15 is 0 Å². The summed E-state index contributed by atoms with van der Waals surface area (Å²) in [7, 11) is 0. The Morgan fingerprint density at radius 1 is 1.39 bits per heavy atom. The first-order chi connectivity index (χ1) is 8.70. The zero-order valence-electron chi connectivity index (χ0n) is 10.2. The van der Waals surface area contributed by atoms with E-state index in [1.807, 2.05) is 12.1 Å². The number of carbonyl (C=O) groups is 1. The fourth-order valence-electron chi connectivity index (χ4n) is 2.61. The van der Waals surface area contributed by atoms with Gasteiger partial charge in [-0.1, -0.05) is 28.1 Å². The predicted octanol–water partition coefficient (Wildman–Crippen LogP) is 2.16. The lowest BCUT2D eigenvalue weighted by Gasteiger charge is -2.44. The normalized spacial score (nSPS) is 21.8. The van der Waals surface area contributed by atoms with Crippen LogP contribution in [0.1, 0.15) is 24.8 Å². The largest absolute Gasteiger partial charge is 0.346 e. The van der Waals surface area contributed by atoms with Gasteiger partial charge in [0.15, 0.2) is 0 Å². The van der Waals surface area contributed by atoms with Gasteiger partial charge in [0.2, 0.25) is 5.91 Å². The number of carbonyl (C=O) groups excluding carboxylic acids is 1. The fraction of sp³-hybridized carbons (Fsp3) is 0.500. The minimum Gasteiger partial charge on any atom is -0.346 e. The molecule has 3 rings (SSSR count). The van der Waals surface area contributed by atoms with Crippen LogP contribution in [0.4, 0.5) is 0 Å². The minimum atomic E-state index is -0.115. The molecule has 1 heterocycles. The Bertz CT molecular complexity index is 467. The van der Waals surface area contributed by atoms with Gasteiger partial charge in [-0.05, 0) is 37.0 Å². The Hall–Kier alpha value is -0.870. The van der Waals surface area contributed by atoms with Gasteiger partial charge in [-0.3, -0.25) is 4.79 Å². The molecule has 4 heteroatoms. The van der Waals surface area contributed by atoms with Gasteiger partial charge < -0.3 is 10.6 Å². The van der Waals surface area contributed by atoms with Crippen LogP contribution in [0, 0.1) is 5.92 Å². The fourth-order valence-corrected chi connectivity index (χ4v) is 3.01. The van der Waals surface area contributed by atoms with Crippen molar-refractivity contribution in [1.29, 1.82) is 0 Å². The molecule has 1 aliphatic carbocycles. The summed E-state index contributed by atoms with van der Waals surface area (Å²) < 4.78 is 1.07. The molecule has 2 fully saturated rings. The van der Waals surface area contributed by atoms with Crippen LogP contribution in [0.25, 0.3) is 0 Å².